The summed E-state index contributed by atoms with van der Waals surface area (Å²) in [6.45, 7) is 4.98. The number of carbonyl (C=O) groups excluding carboxylic acids is 1. The summed E-state index contributed by atoms with van der Waals surface area (Å²) in [5.74, 6) is 0.00731. The largest absolute Gasteiger partial charge is 0.487 e. The zero-order chi connectivity index (χ0) is 27.6. The number of rotatable bonds is 8. The van der Waals surface area contributed by atoms with Gasteiger partial charge in [-0.1, -0.05) is 43.6 Å². The van der Waals surface area contributed by atoms with E-state index in [0.717, 1.165) is 5.70 Å². The molecule has 0 saturated carbocycles. The monoisotopic (exact) mass is 536 g/mol. The lowest BCUT2D eigenvalue weighted by molar-refractivity contribution is -0.384. The van der Waals surface area contributed by atoms with Crippen molar-refractivity contribution in [3.8, 4) is 11.8 Å². The first-order chi connectivity index (χ1) is 18.1. The van der Waals surface area contributed by atoms with Crippen LogP contribution < -0.4 is 10.5 Å². The normalized spacial score (nSPS) is 18.8. The summed E-state index contributed by atoms with van der Waals surface area (Å²) in [6, 6.07) is 13.5. The number of allylic oxidation sites excluding steroid dienone is 3. The molecule has 0 amide bonds. The predicted molar refractivity (Wildman–Crippen MR) is 142 cm³/mol. The number of nitriles is 1. The number of ether oxygens (including phenoxy) is 2. The van der Waals surface area contributed by atoms with Crippen LogP contribution in [0.25, 0.3) is 0 Å². The topological polar surface area (TPSA) is 132 Å². The van der Waals surface area contributed by atoms with Crippen LogP contribution in [0.3, 0.4) is 0 Å². The zero-order valence-electron chi connectivity index (χ0n) is 21.5. The molecule has 0 saturated heterocycles. The van der Waals surface area contributed by atoms with Gasteiger partial charge in [0.05, 0.1) is 34.1 Å². The minimum atomic E-state index is -0.652. The Morgan fingerprint density at radius 3 is 2.68 bits per heavy atom. The number of methoxy groups -OCH3 is 1. The van der Waals surface area contributed by atoms with E-state index in [9.17, 15) is 20.2 Å². The number of nitro benzene ring substituents is 1. The van der Waals surface area contributed by atoms with Gasteiger partial charge in [-0.3, -0.25) is 14.9 Å². The van der Waals surface area contributed by atoms with Crippen LogP contribution in [0.4, 0.5) is 5.69 Å². The summed E-state index contributed by atoms with van der Waals surface area (Å²) in [5, 5.41) is 21.5. The molecule has 4 rings (SSSR count). The SMILES string of the molecule is COCCN1C(N)=C(C#N)[C@@H](c2ccc(OCc3cccc([N+](=O)[O-])c3)c(Cl)c2)C2=C1CC(C)(C)CC2=O. The lowest BCUT2D eigenvalue weighted by Crippen LogP contribution is -2.43. The second kappa shape index (κ2) is 10.9. The Morgan fingerprint density at radius 1 is 1.26 bits per heavy atom. The molecule has 38 heavy (non-hydrogen) atoms. The lowest BCUT2D eigenvalue weighted by atomic mass is 9.68. The molecule has 0 spiro atoms. The van der Waals surface area contributed by atoms with Gasteiger partial charge in [0.1, 0.15) is 18.2 Å². The fraction of sp³-hybridized carbons (Fsp3) is 0.357. The third kappa shape index (κ3) is 5.37. The van der Waals surface area contributed by atoms with Gasteiger partial charge in [0.15, 0.2) is 5.78 Å². The molecule has 0 bridgehead atoms. The number of nitro groups is 1. The maximum Gasteiger partial charge on any atom is 0.269 e. The highest BCUT2D eigenvalue weighted by molar-refractivity contribution is 6.32. The van der Waals surface area contributed by atoms with E-state index in [1.807, 2.05) is 18.7 Å². The molecule has 1 aliphatic heterocycles. The number of benzene rings is 2. The molecule has 2 aromatic rings. The second-order valence-corrected chi connectivity index (χ2v) is 10.6. The van der Waals surface area contributed by atoms with Crippen LogP contribution >= 0.6 is 11.6 Å². The molecule has 2 aromatic carbocycles. The molecule has 1 aliphatic carbocycles. The van der Waals surface area contributed by atoms with Crippen LogP contribution in [0.2, 0.25) is 5.02 Å². The van der Waals surface area contributed by atoms with Gasteiger partial charge < -0.3 is 20.1 Å². The Balaban J connectivity index is 1.69. The van der Waals surface area contributed by atoms with E-state index in [1.165, 1.54) is 12.1 Å². The number of Topliss-reactive ketones (excluding diaryl/α,β-unsaturated/α-hetero) is 1. The lowest BCUT2D eigenvalue weighted by Gasteiger charge is -2.43. The van der Waals surface area contributed by atoms with Crippen LogP contribution in [0, 0.1) is 26.9 Å². The quantitative estimate of drug-likeness (QED) is 0.359. The second-order valence-electron chi connectivity index (χ2n) is 10.2. The van der Waals surface area contributed by atoms with Gasteiger partial charge in [-0.25, -0.2) is 0 Å². The molecule has 10 heteroatoms. The van der Waals surface area contributed by atoms with Gasteiger partial charge in [0.2, 0.25) is 0 Å². The van der Waals surface area contributed by atoms with Crippen molar-refractivity contribution in [1.82, 2.24) is 4.90 Å². The highest BCUT2D eigenvalue weighted by Crippen LogP contribution is 2.49. The molecule has 0 aromatic heterocycles. The third-order valence-electron chi connectivity index (χ3n) is 6.81. The zero-order valence-corrected chi connectivity index (χ0v) is 22.2. The first-order valence-electron chi connectivity index (χ1n) is 12.1. The predicted octanol–water partition coefficient (Wildman–Crippen LogP) is 5.21. The van der Waals surface area contributed by atoms with Gasteiger partial charge in [-0.2, -0.15) is 5.26 Å². The maximum absolute atomic E-state index is 13.5. The Morgan fingerprint density at radius 2 is 2.03 bits per heavy atom. The molecule has 0 unspecified atom stereocenters. The van der Waals surface area contributed by atoms with Crippen LogP contribution in [-0.2, 0) is 16.1 Å². The number of ketones is 1. The average molecular weight is 537 g/mol. The fourth-order valence-electron chi connectivity index (χ4n) is 5.08. The van der Waals surface area contributed by atoms with Crippen molar-refractivity contribution in [2.45, 2.75) is 39.2 Å². The molecular formula is C28H29ClN4O5. The molecule has 1 heterocycles. The van der Waals surface area contributed by atoms with E-state index >= 15 is 0 Å². The number of halogens is 1. The number of carbonyl (C=O) groups is 1. The van der Waals surface area contributed by atoms with E-state index in [1.54, 1.807) is 37.4 Å². The Bertz CT molecular complexity index is 1390. The molecule has 0 fully saturated rings. The standard InChI is InChI=1S/C28H29ClN4O5/c1-28(2)13-22-26(23(34)14-28)25(20(15-30)27(31)32(22)9-10-37-3)18-7-8-24(21(29)12-18)38-16-17-5-4-6-19(11-17)33(35)36/h4-8,11-12,25H,9-10,13-14,16,31H2,1-3H3/t25-/m1/s1. The van der Waals surface area contributed by atoms with E-state index in [0.29, 0.717) is 54.3 Å². The number of nitrogens with zero attached hydrogens (tertiary/aromatic N) is 3. The van der Waals surface area contributed by atoms with Crippen molar-refractivity contribution in [2.75, 3.05) is 20.3 Å². The van der Waals surface area contributed by atoms with Crippen molar-refractivity contribution in [3.63, 3.8) is 0 Å². The van der Waals surface area contributed by atoms with Crippen molar-refractivity contribution >= 4 is 23.1 Å². The molecule has 9 nitrogen and oxygen atoms in total. The molecule has 2 N–H and O–H groups in total. The van der Waals surface area contributed by atoms with E-state index in [2.05, 4.69) is 6.07 Å². The summed E-state index contributed by atoms with van der Waals surface area (Å²) in [4.78, 5) is 25.9. The van der Waals surface area contributed by atoms with E-state index in [-0.39, 0.29) is 34.1 Å². The molecule has 198 valence electrons. The third-order valence-corrected chi connectivity index (χ3v) is 7.11. The minimum absolute atomic E-state index is 0.0222. The summed E-state index contributed by atoms with van der Waals surface area (Å²) >= 11 is 6.59. The first-order valence-corrected chi connectivity index (χ1v) is 12.5. The highest BCUT2D eigenvalue weighted by Gasteiger charge is 2.44. The van der Waals surface area contributed by atoms with Gasteiger partial charge in [-0.05, 0) is 35.1 Å². The van der Waals surface area contributed by atoms with Crippen LogP contribution in [-0.4, -0.2) is 35.9 Å². The summed E-state index contributed by atoms with van der Waals surface area (Å²) in [5.41, 5.74) is 9.19. The van der Waals surface area contributed by atoms with Crippen LogP contribution in [0.5, 0.6) is 5.75 Å². The molecular weight excluding hydrogens is 508 g/mol. The van der Waals surface area contributed by atoms with Crippen molar-refractivity contribution in [3.05, 3.63) is 91.4 Å². The fourth-order valence-corrected chi connectivity index (χ4v) is 5.32. The van der Waals surface area contributed by atoms with Crippen molar-refractivity contribution < 1.29 is 19.2 Å². The molecule has 1 atom stereocenters. The maximum atomic E-state index is 13.5. The molecule has 0 radical (unpaired) electrons. The van der Waals surface area contributed by atoms with E-state index in [4.69, 9.17) is 26.8 Å². The highest BCUT2D eigenvalue weighted by atomic mass is 35.5. The Labute approximate surface area is 226 Å². The van der Waals surface area contributed by atoms with Crippen molar-refractivity contribution in [2.24, 2.45) is 11.1 Å². The Kier molecular flexibility index (Phi) is 7.76. The van der Waals surface area contributed by atoms with Gasteiger partial charge in [0, 0.05) is 43.5 Å². The minimum Gasteiger partial charge on any atom is -0.487 e. The summed E-state index contributed by atoms with van der Waals surface area (Å²) in [7, 11) is 1.59. The number of hydrogen-bond donors (Lipinski definition) is 1. The van der Waals surface area contributed by atoms with Gasteiger partial charge in [-0.15, -0.1) is 0 Å². The number of non-ortho nitro benzene ring substituents is 1. The number of nitrogens with two attached hydrogens (primary N) is 1. The van der Waals surface area contributed by atoms with Crippen LogP contribution in [0.15, 0.2) is 65.1 Å². The smallest absolute Gasteiger partial charge is 0.269 e. The average Bonchev–Trinajstić information content (AvgIpc) is 2.86. The molecule has 2 aliphatic rings. The summed E-state index contributed by atoms with van der Waals surface area (Å²) in [6.07, 6.45) is 0.989. The van der Waals surface area contributed by atoms with Gasteiger partial charge >= 0.3 is 0 Å². The van der Waals surface area contributed by atoms with E-state index < -0.39 is 10.8 Å². The van der Waals surface area contributed by atoms with Crippen LogP contribution in [0.1, 0.15) is 43.7 Å². The summed E-state index contributed by atoms with van der Waals surface area (Å²) < 4.78 is 11.1. The Hall–Kier alpha value is -3.87. The first kappa shape index (κ1) is 27.2. The number of hydrogen-bond acceptors (Lipinski definition) is 8. The van der Waals surface area contributed by atoms with Crippen molar-refractivity contribution in [1.29, 1.82) is 5.26 Å². The van der Waals surface area contributed by atoms with Gasteiger partial charge in [0.25, 0.3) is 5.69 Å².